The topological polar surface area (TPSA) is 21.3 Å². The fourth-order valence-electron chi connectivity index (χ4n) is 2.15. The van der Waals surface area contributed by atoms with Crippen molar-refractivity contribution in [3.63, 3.8) is 0 Å². The first-order chi connectivity index (χ1) is 9.84. The molecule has 2 aromatic carbocycles. The molecule has 106 valence electrons. The van der Waals surface area contributed by atoms with Gasteiger partial charge in [0.15, 0.2) is 0 Å². The van der Waals surface area contributed by atoms with Gasteiger partial charge in [0.25, 0.3) is 0 Å². The van der Waals surface area contributed by atoms with Gasteiger partial charge in [-0.2, -0.15) is 0 Å². The van der Waals surface area contributed by atoms with Crippen LogP contribution in [0.4, 0.5) is 5.69 Å². The molecule has 0 unspecified atom stereocenters. The van der Waals surface area contributed by atoms with E-state index >= 15 is 0 Å². The lowest BCUT2D eigenvalue weighted by Crippen LogP contribution is -2.10. The smallest absolute Gasteiger partial charge is 0.0639 e. The highest BCUT2D eigenvalue weighted by molar-refractivity contribution is 5.45. The van der Waals surface area contributed by atoms with Gasteiger partial charge in [-0.1, -0.05) is 42.5 Å². The maximum atomic E-state index is 5.64. The van der Waals surface area contributed by atoms with Crippen molar-refractivity contribution in [2.24, 2.45) is 0 Å². The molecule has 2 nitrogen and oxygen atoms in total. The molecule has 0 spiro atoms. The van der Waals surface area contributed by atoms with Crippen molar-refractivity contribution in [1.82, 2.24) is 0 Å². The SMILES string of the molecule is Cc1cccc(NCCOCCCc2ccccc2)c1. The first-order valence-electron chi connectivity index (χ1n) is 7.27. The highest BCUT2D eigenvalue weighted by atomic mass is 16.5. The van der Waals surface area contributed by atoms with Crippen LogP contribution in [0.2, 0.25) is 0 Å². The van der Waals surface area contributed by atoms with Crippen molar-refractivity contribution < 1.29 is 4.74 Å². The fraction of sp³-hybridized carbons (Fsp3) is 0.333. The molecular formula is C18H23NO. The molecular weight excluding hydrogens is 246 g/mol. The monoisotopic (exact) mass is 269 g/mol. The number of hydrogen-bond acceptors (Lipinski definition) is 2. The van der Waals surface area contributed by atoms with Crippen molar-refractivity contribution in [3.8, 4) is 0 Å². The van der Waals surface area contributed by atoms with E-state index in [9.17, 15) is 0 Å². The summed E-state index contributed by atoms with van der Waals surface area (Å²) in [7, 11) is 0. The zero-order valence-corrected chi connectivity index (χ0v) is 12.1. The van der Waals surface area contributed by atoms with Gasteiger partial charge in [-0.15, -0.1) is 0 Å². The van der Waals surface area contributed by atoms with Gasteiger partial charge >= 0.3 is 0 Å². The Hall–Kier alpha value is -1.80. The van der Waals surface area contributed by atoms with Crippen LogP contribution in [0.25, 0.3) is 0 Å². The molecule has 0 saturated carbocycles. The van der Waals surface area contributed by atoms with Gasteiger partial charge < -0.3 is 10.1 Å². The predicted octanol–water partition coefficient (Wildman–Crippen LogP) is 4.06. The summed E-state index contributed by atoms with van der Waals surface area (Å²) in [5.74, 6) is 0. The van der Waals surface area contributed by atoms with E-state index in [0.29, 0.717) is 0 Å². The van der Waals surface area contributed by atoms with Crippen LogP contribution in [0.1, 0.15) is 17.5 Å². The second-order valence-electron chi connectivity index (χ2n) is 5.00. The first kappa shape index (κ1) is 14.6. The average molecular weight is 269 g/mol. The first-order valence-corrected chi connectivity index (χ1v) is 7.27. The van der Waals surface area contributed by atoms with E-state index in [1.165, 1.54) is 11.1 Å². The Balaban J connectivity index is 1.52. The predicted molar refractivity (Wildman–Crippen MR) is 85.3 cm³/mol. The van der Waals surface area contributed by atoms with E-state index in [1.807, 2.05) is 0 Å². The standard InChI is InChI=1S/C18H23NO/c1-16-7-5-11-18(15-16)19-12-14-20-13-6-10-17-8-3-2-4-9-17/h2-5,7-9,11,15,19H,6,10,12-14H2,1H3. The van der Waals surface area contributed by atoms with Crippen molar-refractivity contribution >= 4 is 5.69 Å². The van der Waals surface area contributed by atoms with E-state index in [1.54, 1.807) is 0 Å². The van der Waals surface area contributed by atoms with E-state index in [0.717, 1.165) is 38.3 Å². The van der Waals surface area contributed by atoms with Crippen molar-refractivity contribution in [1.29, 1.82) is 0 Å². The fourth-order valence-corrected chi connectivity index (χ4v) is 2.15. The van der Waals surface area contributed by atoms with E-state index < -0.39 is 0 Å². The second-order valence-corrected chi connectivity index (χ2v) is 5.00. The van der Waals surface area contributed by atoms with Gasteiger partial charge in [0.05, 0.1) is 6.61 Å². The largest absolute Gasteiger partial charge is 0.383 e. The van der Waals surface area contributed by atoms with Crippen LogP contribution in [0.5, 0.6) is 0 Å². The minimum atomic E-state index is 0.753. The van der Waals surface area contributed by atoms with Gasteiger partial charge in [-0.05, 0) is 43.0 Å². The van der Waals surface area contributed by atoms with Crippen LogP contribution >= 0.6 is 0 Å². The number of nitrogens with one attached hydrogen (secondary N) is 1. The third kappa shape index (κ3) is 5.45. The molecule has 0 atom stereocenters. The Kier molecular flexibility index (Phi) is 6.12. The van der Waals surface area contributed by atoms with Gasteiger partial charge in [0.1, 0.15) is 0 Å². The Morgan fingerprint density at radius 2 is 1.80 bits per heavy atom. The Morgan fingerprint density at radius 3 is 2.60 bits per heavy atom. The lowest BCUT2D eigenvalue weighted by atomic mass is 10.1. The molecule has 0 bridgehead atoms. The maximum absolute atomic E-state index is 5.64. The van der Waals surface area contributed by atoms with Crippen LogP contribution in [0, 0.1) is 6.92 Å². The van der Waals surface area contributed by atoms with Crippen molar-refractivity contribution in [2.45, 2.75) is 19.8 Å². The number of aryl methyl sites for hydroxylation is 2. The van der Waals surface area contributed by atoms with Crippen LogP contribution in [-0.4, -0.2) is 19.8 Å². The van der Waals surface area contributed by atoms with Crippen molar-refractivity contribution in [3.05, 3.63) is 65.7 Å². The molecule has 0 amide bonds. The Morgan fingerprint density at radius 1 is 0.950 bits per heavy atom. The molecule has 20 heavy (non-hydrogen) atoms. The minimum absolute atomic E-state index is 0.753. The molecule has 0 aromatic heterocycles. The third-order valence-corrected chi connectivity index (χ3v) is 3.19. The summed E-state index contributed by atoms with van der Waals surface area (Å²) < 4.78 is 5.64. The van der Waals surface area contributed by atoms with Crippen LogP contribution in [0.3, 0.4) is 0 Å². The summed E-state index contributed by atoms with van der Waals surface area (Å²) in [6.07, 6.45) is 2.17. The molecule has 2 rings (SSSR count). The summed E-state index contributed by atoms with van der Waals surface area (Å²) >= 11 is 0. The Bertz CT molecular complexity index is 496. The summed E-state index contributed by atoms with van der Waals surface area (Å²) in [5.41, 5.74) is 3.82. The highest BCUT2D eigenvalue weighted by Gasteiger charge is 1.94. The number of ether oxygens (including phenoxy) is 1. The van der Waals surface area contributed by atoms with E-state index in [-0.39, 0.29) is 0 Å². The summed E-state index contributed by atoms with van der Waals surface area (Å²) in [4.78, 5) is 0. The maximum Gasteiger partial charge on any atom is 0.0639 e. The highest BCUT2D eigenvalue weighted by Crippen LogP contribution is 2.08. The van der Waals surface area contributed by atoms with Gasteiger partial charge in [0, 0.05) is 18.8 Å². The van der Waals surface area contributed by atoms with E-state index in [2.05, 4.69) is 66.8 Å². The molecule has 0 aliphatic carbocycles. The zero-order chi connectivity index (χ0) is 14.0. The minimum Gasteiger partial charge on any atom is -0.383 e. The summed E-state index contributed by atoms with van der Waals surface area (Å²) in [6, 6.07) is 19.0. The van der Waals surface area contributed by atoms with Gasteiger partial charge in [-0.3, -0.25) is 0 Å². The molecule has 0 saturated heterocycles. The number of anilines is 1. The summed E-state index contributed by atoms with van der Waals surface area (Å²) in [6.45, 7) is 4.53. The summed E-state index contributed by atoms with van der Waals surface area (Å²) in [5, 5.41) is 3.37. The van der Waals surface area contributed by atoms with Crippen molar-refractivity contribution in [2.75, 3.05) is 25.1 Å². The number of rotatable bonds is 8. The molecule has 2 aromatic rings. The van der Waals surface area contributed by atoms with Gasteiger partial charge in [0.2, 0.25) is 0 Å². The molecule has 1 N–H and O–H groups in total. The molecule has 0 radical (unpaired) electrons. The lowest BCUT2D eigenvalue weighted by molar-refractivity contribution is 0.141. The van der Waals surface area contributed by atoms with Crippen LogP contribution in [0.15, 0.2) is 54.6 Å². The lowest BCUT2D eigenvalue weighted by Gasteiger charge is -2.08. The third-order valence-electron chi connectivity index (χ3n) is 3.19. The number of benzene rings is 2. The molecule has 0 aliphatic heterocycles. The quantitative estimate of drug-likeness (QED) is 0.730. The molecule has 0 fully saturated rings. The normalized spacial score (nSPS) is 10.4. The molecule has 0 aliphatic rings. The van der Waals surface area contributed by atoms with Crippen LogP contribution < -0.4 is 5.32 Å². The molecule has 0 heterocycles. The van der Waals surface area contributed by atoms with Crippen LogP contribution in [-0.2, 0) is 11.2 Å². The number of hydrogen-bond donors (Lipinski definition) is 1. The zero-order valence-electron chi connectivity index (χ0n) is 12.1. The second kappa shape index (κ2) is 8.39. The van der Waals surface area contributed by atoms with E-state index in [4.69, 9.17) is 4.74 Å². The Labute approximate surface area is 121 Å². The molecule has 2 heteroatoms. The van der Waals surface area contributed by atoms with Gasteiger partial charge in [-0.25, -0.2) is 0 Å². The average Bonchev–Trinajstić information content (AvgIpc) is 2.47.